The lowest BCUT2D eigenvalue weighted by Crippen LogP contribution is -2.34. The molecule has 0 fully saturated rings. The van der Waals surface area contributed by atoms with Gasteiger partial charge in [-0.2, -0.15) is 0 Å². The van der Waals surface area contributed by atoms with Crippen LogP contribution in [0.25, 0.3) is 0 Å². The minimum absolute atomic E-state index is 0.0893. The second-order valence-electron chi connectivity index (χ2n) is 7.82. The molecule has 0 spiro atoms. The highest BCUT2D eigenvalue weighted by atomic mass is 79.9. The van der Waals surface area contributed by atoms with Gasteiger partial charge in [0, 0.05) is 16.9 Å². The molecule has 0 heterocycles. The molecule has 1 N–H and O–H groups in total. The molecule has 3 rings (SSSR count). The molecule has 0 aliphatic rings. The largest absolute Gasteiger partial charge is 0.492 e. The first-order chi connectivity index (χ1) is 14.4. The molecule has 2 unspecified atom stereocenters. The molecule has 3 nitrogen and oxygen atoms in total. The summed E-state index contributed by atoms with van der Waals surface area (Å²) in [5.41, 5.74) is 1.72. The zero-order valence-corrected chi connectivity index (χ0v) is 19.5. The zero-order chi connectivity index (χ0) is 21.6. The Kier molecular flexibility index (Phi) is 7.70. The highest BCUT2D eigenvalue weighted by Gasteiger charge is 2.40. The van der Waals surface area contributed by atoms with E-state index in [1.165, 1.54) is 0 Å². The average Bonchev–Trinajstić information content (AvgIpc) is 2.76. The number of rotatable bonds is 9. The van der Waals surface area contributed by atoms with Crippen molar-refractivity contribution in [2.45, 2.75) is 24.9 Å². The van der Waals surface area contributed by atoms with E-state index < -0.39 is 5.60 Å². The fourth-order valence-electron chi connectivity index (χ4n) is 3.88. The SMILES string of the molecule is CCC(c1ccc(Br)cc1)C(O)(c1ccccc1)c1ccc(OCCN(C)C)cc1. The molecule has 0 aliphatic carbocycles. The van der Waals surface area contributed by atoms with Crippen molar-refractivity contribution in [2.75, 3.05) is 27.2 Å². The van der Waals surface area contributed by atoms with Crippen molar-refractivity contribution in [2.24, 2.45) is 0 Å². The summed E-state index contributed by atoms with van der Waals surface area (Å²) in [6, 6.07) is 26.1. The van der Waals surface area contributed by atoms with Gasteiger partial charge in [-0.15, -0.1) is 0 Å². The fourth-order valence-corrected chi connectivity index (χ4v) is 4.14. The number of hydrogen-bond donors (Lipinski definition) is 1. The summed E-state index contributed by atoms with van der Waals surface area (Å²) in [6.45, 7) is 3.61. The van der Waals surface area contributed by atoms with Crippen molar-refractivity contribution in [1.82, 2.24) is 4.90 Å². The Bertz CT molecular complexity index is 910. The maximum Gasteiger partial charge on any atom is 0.121 e. The van der Waals surface area contributed by atoms with E-state index >= 15 is 0 Å². The van der Waals surface area contributed by atoms with Crippen LogP contribution in [0.4, 0.5) is 0 Å². The van der Waals surface area contributed by atoms with E-state index in [1.807, 2.05) is 80.8 Å². The van der Waals surface area contributed by atoms with Gasteiger partial charge in [-0.25, -0.2) is 0 Å². The summed E-state index contributed by atoms with van der Waals surface area (Å²) < 4.78 is 6.88. The molecule has 0 saturated heterocycles. The molecule has 0 aromatic heterocycles. The van der Waals surface area contributed by atoms with Gasteiger partial charge in [-0.1, -0.05) is 77.5 Å². The molecule has 3 aromatic rings. The third-order valence-corrected chi connectivity index (χ3v) is 6.03. The summed E-state index contributed by atoms with van der Waals surface area (Å²) >= 11 is 3.51. The first-order valence-corrected chi connectivity index (χ1v) is 11.2. The van der Waals surface area contributed by atoms with Gasteiger partial charge >= 0.3 is 0 Å². The van der Waals surface area contributed by atoms with Crippen molar-refractivity contribution in [1.29, 1.82) is 0 Å². The monoisotopic (exact) mass is 467 g/mol. The Morgan fingerprint density at radius 2 is 1.50 bits per heavy atom. The van der Waals surface area contributed by atoms with E-state index in [2.05, 4.69) is 39.9 Å². The molecule has 0 aliphatic heterocycles. The van der Waals surface area contributed by atoms with Crippen molar-refractivity contribution >= 4 is 15.9 Å². The quantitative estimate of drug-likeness (QED) is 0.430. The molecule has 0 bridgehead atoms. The van der Waals surface area contributed by atoms with Crippen LogP contribution in [-0.4, -0.2) is 37.3 Å². The van der Waals surface area contributed by atoms with E-state index in [9.17, 15) is 5.11 Å². The number of ether oxygens (including phenoxy) is 1. The highest BCUT2D eigenvalue weighted by molar-refractivity contribution is 9.10. The van der Waals surface area contributed by atoms with E-state index in [0.29, 0.717) is 6.61 Å². The maximum atomic E-state index is 12.2. The Morgan fingerprint density at radius 1 is 0.900 bits per heavy atom. The van der Waals surface area contributed by atoms with Gasteiger partial charge in [-0.3, -0.25) is 0 Å². The molecule has 0 saturated carbocycles. The first-order valence-electron chi connectivity index (χ1n) is 10.4. The van der Waals surface area contributed by atoms with Gasteiger partial charge in [0.2, 0.25) is 0 Å². The lowest BCUT2D eigenvalue weighted by molar-refractivity contribution is 0.0476. The first kappa shape index (κ1) is 22.5. The van der Waals surface area contributed by atoms with E-state index in [0.717, 1.165) is 39.9 Å². The van der Waals surface area contributed by atoms with Crippen LogP contribution in [0.5, 0.6) is 5.75 Å². The molecule has 158 valence electrons. The van der Waals surface area contributed by atoms with Crippen LogP contribution in [0.3, 0.4) is 0 Å². The normalized spacial score (nSPS) is 14.3. The highest BCUT2D eigenvalue weighted by Crippen LogP contribution is 2.44. The fraction of sp³-hybridized carbons (Fsp3) is 0.308. The summed E-state index contributed by atoms with van der Waals surface area (Å²) in [6.07, 6.45) is 0.800. The van der Waals surface area contributed by atoms with Gasteiger partial charge in [-0.05, 0) is 61.5 Å². The van der Waals surface area contributed by atoms with Crippen LogP contribution in [0.1, 0.15) is 36.0 Å². The van der Waals surface area contributed by atoms with Crippen LogP contribution in [0.2, 0.25) is 0 Å². The number of likely N-dealkylation sites (N-methyl/N-ethyl adjacent to an activating group) is 1. The van der Waals surface area contributed by atoms with Gasteiger partial charge in [0.15, 0.2) is 0 Å². The van der Waals surface area contributed by atoms with E-state index in [4.69, 9.17) is 4.74 Å². The minimum Gasteiger partial charge on any atom is -0.492 e. The minimum atomic E-state index is -1.15. The van der Waals surface area contributed by atoms with Crippen LogP contribution in [0, 0.1) is 0 Å². The van der Waals surface area contributed by atoms with Crippen molar-refractivity contribution in [3.8, 4) is 5.75 Å². The number of benzene rings is 3. The van der Waals surface area contributed by atoms with Crippen LogP contribution >= 0.6 is 15.9 Å². The lowest BCUT2D eigenvalue weighted by atomic mass is 9.72. The molecule has 4 heteroatoms. The summed E-state index contributed by atoms with van der Waals surface area (Å²) in [5.74, 6) is 0.723. The van der Waals surface area contributed by atoms with Crippen molar-refractivity contribution < 1.29 is 9.84 Å². The molecular weight excluding hydrogens is 438 g/mol. The van der Waals surface area contributed by atoms with Crippen LogP contribution in [0.15, 0.2) is 83.3 Å². The van der Waals surface area contributed by atoms with Crippen molar-refractivity contribution in [3.05, 3.63) is 100 Å². The van der Waals surface area contributed by atoms with Crippen molar-refractivity contribution in [3.63, 3.8) is 0 Å². The van der Waals surface area contributed by atoms with Gasteiger partial charge < -0.3 is 14.7 Å². The van der Waals surface area contributed by atoms with Gasteiger partial charge in [0.25, 0.3) is 0 Å². The number of halogens is 1. The second kappa shape index (κ2) is 10.3. The zero-order valence-electron chi connectivity index (χ0n) is 17.9. The topological polar surface area (TPSA) is 32.7 Å². The molecule has 30 heavy (non-hydrogen) atoms. The predicted molar refractivity (Wildman–Crippen MR) is 127 cm³/mol. The van der Waals surface area contributed by atoms with Gasteiger partial charge in [0.1, 0.15) is 18.0 Å². The Hall–Kier alpha value is -2.14. The Morgan fingerprint density at radius 3 is 2.07 bits per heavy atom. The molecule has 0 radical (unpaired) electrons. The number of hydrogen-bond acceptors (Lipinski definition) is 3. The number of nitrogens with zero attached hydrogens (tertiary/aromatic N) is 1. The molecule has 0 amide bonds. The third kappa shape index (κ3) is 5.12. The third-order valence-electron chi connectivity index (χ3n) is 5.50. The van der Waals surface area contributed by atoms with Gasteiger partial charge in [0.05, 0.1) is 0 Å². The Labute approximate surface area is 188 Å². The average molecular weight is 468 g/mol. The standard InChI is InChI=1S/C26H30BrNO2/c1-4-25(20-10-14-23(27)15-11-20)26(29,21-8-6-5-7-9-21)22-12-16-24(17-13-22)30-19-18-28(2)3/h5-17,25,29H,4,18-19H2,1-3H3. The van der Waals surface area contributed by atoms with E-state index in [1.54, 1.807) is 0 Å². The van der Waals surface area contributed by atoms with Crippen LogP contribution < -0.4 is 4.74 Å². The van der Waals surface area contributed by atoms with E-state index in [-0.39, 0.29) is 5.92 Å². The van der Waals surface area contributed by atoms with Crippen LogP contribution in [-0.2, 0) is 5.60 Å². The second-order valence-corrected chi connectivity index (χ2v) is 8.74. The maximum absolute atomic E-state index is 12.2. The summed E-state index contributed by atoms with van der Waals surface area (Å²) in [4.78, 5) is 2.09. The Balaban J connectivity index is 1.99. The molecule has 2 atom stereocenters. The lowest BCUT2D eigenvalue weighted by Gasteiger charge is -2.37. The molecule has 3 aromatic carbocycles. The molecular formula is C26H30BrNO2. The smallest absolute Gasteiger partial charge is 0.121 e. The predicted octanol–water partition coefficient (Wildman–Crippen LogP) is 5.82. The summed E-state index contributed by atoms with van der Waals surface area (Å²) in [5, 5.41) is 12.2. The summed E-state index contributed by atoms with van der Waals surface area (Å²) in [7, 11) is 4.05. The number of aliphatic hydroxyl groups is 1.